The van der Waals surface area contributed by atoms with Crippen LogP contribution in [0.25, 0.3) is 70.8 Å². The maximum Gasteiger partial charge on any atom is 0.136 e. The Morgan fingerprint density at radius 2 is 1.27 bits per heavy atom. The van der Waals surface area contributed by atoms with Crippen LogP contribution >= 0.6 is 0 Å². The highest BCUT2D eigenvalue weighted by Crippen LogP contribution is 2.46. The van der Waals surface area contributed by atoms with Crippen molar-refractivity contribution in [1.29, 1.82) is 0 Å². The normalized spacial score (nSPS) is 12.7. The first kappa shape index (κ1) is 14.9. The zero-order chi connectivity index (χ0) is 19.4. The van der Waals surface area contributed by atoms with Crippen molar-refractivity contribution >= 4 is 70.8 Å². The second-order valence-electron chi connectivity index (χ2n) is 8.15. The molecular formula is C28H15NO. The Kier molecular flexibility index (Phi) is 2.44. The molecule has 0 aliphatic rings. The van der Waals surface area contributed by atoms with Crippen molar-refractivity contribution in [3.8, 4) is 0 Å². The van der Waals surface area contributed by atoms with Gasteiger partial charge in [0, 0.05) is 32.3 Å². The largest absolute Gasteiger partial charge is 0.456 e. The summed E-state index contributed by atoms with van der Waals surface area (Å²) in [6.07, 6.45) is 0. The lowest BCUT2D eigenvalue weighted by Gasteiger charge is -2.03. The van der Waals surface area contributed by atoms with Gasteiger partial charge in [0.25, 0.3) is 0 Å². The van der Waals surface area contributed by atoms with Crippen LogP contribution in [0.1, 0.15) is 0 Å². The number of rotatable bonds is 0. The van der Waals surface area contributed by atoms with Gasteiger partial charge in [-0.15, -0.1) is 0 Å². The minimum atomic E-state index is 0.943. The van der Waals surface area contributed by atoms with E-state index in [1.165, 1.54) is 59.6 Å². The van der Waals surface area contributed by atoms with Gasteiger partial charge < -0.3 is 8.82 Å². The number of furan rings is 1. The van der Waals surface area contributed by atoms with E-state index < -0.39 is 0 Å². The fourth-order valence-corrected chi connectivity index (χ4v) is 5.54. The fourth-order valence-electron chi connectivity index (χ4n) is 5.54. The smallest absolute Gasteiger partial charge is 0.136 e. The molecule has 0 fully saturated rings. The number of para-hydroxylation sites is 2. The van der Waals surface area contributed by atoms with Gasteiger partial charge in [-0.25, -0.2) is 0 Å². The summed E-state index contributed by atoms with van der Waals surface area (Å²) in [5.74, 6) is 0. The molecule has 0 spiro atoms. The van der Waals surface area contributed by atoms with Crippen LogP contribution in [0.15, 0.2) is 95.4 Å². The van der Waals surface area contributed by atoms with Gasteiger partial charge in [0.15, 0.2) is 0 Å². The van der Waals surface area contributed by atoms with Crippen LogP contribution in [0.5, 0.6) is 0 Å². The van der Waals surface area contributed by atoms with Crippen molar-refractivity contribution in [3.63, 3.8) is 0 Å². The molecule has 0 radical (unpaired) electrons. The number of benzene rings is 5. The van der Waals surface area contributed by atoms with Crippen LogP contribution in [0.3, 0.4) is 0 Å². The van der Waals surface area contributed by atoms with Crippen molar-refractivity contribution < 1.29 is 4.42 Å². The van der Waals surface area contributed by atoms with Gasteiger partial charge in [0.05, 0.1) is 16.6 Å². The second-order valence-corrected chi connectivity index (χ2v) is 8.15. The molecule has 0 saturated heterocycles. The molecule has 138 valence electrons. The van der Waals surface area contributed by atoms with Gasteiger partial charge in [-0.1, -0.05) is 60.7 Å². The van der Waals surface area contributed by atoms with Gasteiger partial charge in [-0.3, -0.25) is 0 Å². The topological polar surface area (TPSA) is 17.6 Å². The molecule has 8 aromatic rings. The minimum Gasteiger partial charge on any atom is -0.456 e. The van der Waals surface area contributed by atoms with Gasteiger partial charge in [-0.2, -0.15) is 0 Å². The van der Waals surface area contributed by atoms with Gasteiger partial charge in [0.1, 0.15) is 11.2 Å². The molecule has 5 aromatic carbocycles. The Morgan fingerprint density at radius 3 is 2.20 bits per heavy atom. The number of hydrogen-bond donors (Lipinski definition) is 0. The molecule has 0 unspecified atom stereocenters. The maximum atomic E-state index is 6.24. The van der Waals surface area contributed by atoms with Crippen LogP contribution < -0.4 is 0 Å². The van der Waals surface area contributed by atoms with E-state index in [0.29, 0.717) is 0 Å². The van der Waals surface area contributed by atoms with E-state index in [2.05, 4.69) is 89.3 Å². The first-order valence-corrected chi connectivity index (χ1v) is 10.3. The van der Waals surface area contributed by atoms with E-state index in [1.807, 2.05) is 6.07 Å². The number of fused-ring (bicyclic) bond motifs is 12. The molecular weight excluding hydrogens is 366 g/mol. The summed E-state index contributed by atoms with van der Waals surface area (Å²) in [7, 11) is 0. The van der Waals surface area contributed by atoms with E-state index in [-0.39, 0.29) is 0 Å². The number of aromatic nitrogens is 1. The molecule has 2 nitrogen and oxygen atoms in total. The van der Waals surface area contributed by atoms with E-state index in [0.717, 1.165) is 11.2 Å². The molecule has 0 aliphatic carbocycles. The van der Waals surface area contributed by atoms with E-state index >= 15 is 0 Å². The molecule has 8 rings (SSSR count). The monoisotopic (exact) mass is 381 g/mol. The summed E-state index contributed by atoms with van der Waals surface area (Å²) < 4.78 is 8.69. The second kappa shape index (κ2) is 4.92. The van der Waals surface area contributed by atoms with Gasteiger partial charge in [-0.05, 0) is 41.1 Å². The highest BCUT2D eigenvalue weighted by molar-refractivity contribution is 6.37. The highest BCUT2D eigenvalue weighted by Gasteiger charge is 2.22. The zero-order valence-corrected chi connectivity index (χ0v) is 16.0. The summed E-state index contributed by atoms with van der Waals surface area (Å²) >= 11 is 0. The predicted molar refractivity (Wildman–Crippen MR) is 126 cm³/mol. The van der Waals surface area contributed by atoms with Crippen molar-refractivity contribution in [1.82, 2.24) is 4.40 Å². The Hall–Kier alpha value is -4.04. The van der Waals surface area contributed by atoms with Crippen molar-refractivity contribution in [2.24, 2.45) is 0 Å². The lowest BCUT2D eigenvalue weighted by molar-refractivity contribution is 0.669. The van der Waals surface area contributed by atoms with Gasteiger partial charge >= 0.3 is 0 Å². The third-order valence-corrected chi connectivity index (χ3v) is 6.69. The van der Waals surface area contributed by atoms with E-state index in [4.69, 9.17) is 4.42 Å². The Morgan fingerprint density at radius 1 is 0.500 bits per heavy atom. The van der Waals surface area contributed by atoms with Crippen molar-refractivity contribution in [2.45, 2.75) is 0 Å². The first-order valence-electron chi connectivity index (χ1n) is 10.3. The quantitative estimate of drug-likeness (QED) is 0.261. The van der Waals surface area contributed by atoms with E-state index in [1.54, 1.807) is 0 Å². The molecule has 0 amide bonds. The fraction of sp³-hybridized carbons (Fsp3) is 0. The molecule has 3 aromatic heterocycles. The van der Waals surface area contributed by atoms with Crippen LogP contribution in [-0.2, 0) is 0 Å². The molecule has 0 bridgehead atoms. The molecule has 0 aliphatic heterocycles. The molecule has 0 N–H and O–H groups in total. The van der Waals surface area contributed by atoms with E-state index in [9.17, 15) is 0 Å². The summed E-state index contributed by atoms with van der Waals surface area (Å²) in [6.45, 7) is 0. The third-order valence-electron chi connectivity index (χ3n) is 6.69. The Bertz CT molecular complexity index is 1950. The summed E-state index contributed by atoms with van der Waals surface area (Å²) in [5.41, 5.74) is 5.70. The van der Waals surface area contributed by atoms with Gasteiger partial charge in [0.2, 0.25) is 0 Å². The summed E-state index contributed by atoms with van der Waals surface area (Å²) in [4.78, 5) is 0. The lowest BCUT2D eigenvalue weighted by Crippen LogP contribution is -1.79. The minimum absolute atomic E-state index is 0.943. The van der Waals surface area contributed by atoms with Crippen LogP contribution in [0, 0.1) is 0 Å². The molecule has 30 heavy (non-hydrogen) atoms. The highest BCUT2D eigenvalue weighted by atomic mass is 16.3. The number of nitrogens with zero attached hydrogens (tertiary/aromatic N) is 1. The molecule has 0 atom stereocenters. The van der Waals surface area contributed by atoms with Crippen molar-refractivity contribution in [3.05, 3.63) is 91.0 Å². The van der Waals surface area contributed by atoms with Crippen molar-refractivity contribution in [2.75, 3.05) is 0 Å². The SMILES string of the molecule is c1ccc2c(c1)cc1c3ccccc3n3c4ccc5oc6ccccc6c5c4c2c13. The molecule has 2 heteroatoms. The van der Waals surface area contributed by atoms with Crippen LogP contribution in [0.2, 0.25) is 0 Å². The Balaban J connectivity index is 1.84. The first-order chi connectivity index (χ1) is 14.9. The Labute approximate surface area is 170 Å². The molecule has 3 heterocycles. The molecule has 0 saturated carbocycles. The maximum absolute atomic E-state index is 6.24. The van der Waals surface area contributed by atoms with Crippen LogP contribution in [0.4, 0.5) is 0 Å². The summed E-state index contributed by atoms with van der Waals surface area (Å²) in [6, 6.07) is 32.6. The van der Waals surface area contributed by atoms with Crippen LogP contribution in [-0.4, -0.2) is 4.40 Å². The average molecular weight is 381 g/mol. The summed E-state index contributed by atoms with van der Waals surface area (Å²) in [5, 5.41) is 10.2. The standard InChI is InChI=1S/C28H15NO/c1-2-8-17-16(7-1)15-20-18-9-3-5-11-21(18)29-22-13-14-24-25(27(22)26(17)28(20)29)19-10-4-6-12-23(19)30-24/h1-15H. The third kappa shape index (κ3) is 1.56. The predicted octanol–water partition coefficient (Wildman–Crippen LogP) is 7.89. The average Bonchev–Trinajstić information content (AvgIpc) is 3.44. The lowest BCUT2D eigenvalue weighted by atomic mass is 9.98. The zero-order valence-electron chi connectivity index (χ0n) is 16.0. The number of hydrogen-bond acceptors (Lipinski definition) is 1.